The predicted octanol–water partition coefficient (Wildman–Crippen LogP) is 4.03. The van der Waals surface area contributed by atoms with Crippen LogP contribution in [0.3, 0.4) is 0 Å². The standard InChI is InChI=1S/C28H30N2O3/c1-20-10-12-22(13-11-20)26-9-4-3-7-23(26)18-24-19-30(15-14-29-28(24)32)27(31)17-21-6-5-8-25(16-21)33-2/h3-13,16,24H,14-15,17-19H2,1-2H3,(H,29,32)/t24-/m0/s1. The van der Waals surface area contributed by atoms with Crippen LogP contribution in [0.1, 0.15) is 16.7 Å². The van der Waals surface area contributed by atoms with Crippen molar-refractivity contribution in [3.63, 3.8) is 0 Å². The molecule has 1 saturated heterocycles. The second-order valence-corrected chi connectivity index (χ2v) is 8.58. The molecule has 1 N–H and O–H groups in total. The van der Waals surface area contributed by atoms with Crippen LogP contribution >= 0.6 is 0 Å². The Kier molecular flexibility index (Phi) is 7.08. The smallest absolute Gasteiger partial charge is 0.227 e. The van der Waals surface area contributed by atoms with Crippen molar-refractivity contribution in [3.8, 4) is 16.9 Å². The summed E-state index contributed by atoms with van der Waals surface area (Å²) in [5, 5.41) is 3.00. The van der Waals surface area contributed by atoms with Gasteiger partial charge >= 0.3 is 0 Å². The number of ether oxygens (including phenoxy) is 1. The molecule has 3 aromatic rings. The van der Waals surface area contributed by atoms with Crippen LogP contribution in [-0.2, 0) is 22.4 Å². The van der Waals surface area contributed by atoms with Gasteiger partial charge in [-0.05, 0) is 47.7 Å². The Morgan fingerprint density at radius 2 is 1.85 bits per heavy atom. The van der Waals surface area contributed by atoms with Crippen molar-refractivity contribution < 1.29 is 14.3 Å². The molecule has 1 aliphatic heterocycles. The average Bonchev–Trinajstić information content (AvgIpc) is 3.01. The van der Waals surface area contributed by atoms with Crippen molar-refractivity contribution in [2.45, 2.75) is 19.8 Å². The van der Waals surface area contributed by atoms with Crippen LogP contribution in [0, 0.1) is 12.8 Å². The summed E-state index contributed by atoms with van der Waals surface area (Å²) in [6.07, 6.45) is 0.872. The minimum atomic E-state index is -0.298. The number of carbonyl (C=O) groups is 2. The maximum Gasteiger partial charge on any atom is 0.227 e. The van der Waals surface area contributed by atoms with Gasteiger partial charge in [-0.25, -0.2) is 0 Å². The second kappa shape index (κ2) is 10.3. The summed E-state index contributed by atoms with van der Waals surface area (Å²) >= 11 is 0. The minimum absolute atomic E-state index is 0.00499. The molecule has 0 bridgehead atoms. The Balaban J connectivity index is 1.51. The van der Waals surface area contributed by atoms with E-state index in [0.29, 0.717) is 26.1 Å². The number of aryl methyl sites for hydroxylation is 1. The van der Waals surface area contributed by atoms with Gasteiger partial charge in [0.2, 0.25) is 11.8 Å². The first-order chi connectivity index (χ1) is 16.0. The molecule has 1 atom stereocenters. The molecule has 0 unspecified atom stereocenters. The Hall–Kier alpha value is -3.60. The van der Waals surface area contributed by atoms with Crippen molar-refractivity contribution in [3.05, 3.63) is 89.5 Å². The topological polar surface area (TPSA) is 58.6 Å². The molecule has 1 heterocycles. The van der Waals surface area contributed by atoms with E-state index in [2.05, 4.69) is 48.6 Å². The quantitative estimate of drug-likeness (QED) is 0.627. The normalized spacial score (nSPS) is 16.1. The third-order valence-electron chi connectivity index (χ3n) is 6.18. The Morgan fingerprint density at radius 1 is 1.06 bits per heavy atom. The summed E-state index contributed by atoms with van der Waals surface area (Å²) in [5.41, 5.74) is 5.50. The number of hydrogen-bond acceptors (Lipinski definition) is 3. The Labute approximate surface area is 195 Å². The van der Waals surface area contributed by atoms with Gasteiger partial charge in [0.25, 0.3) is 0 Å². The molecule has 5 nitrogen and oxygen atoms in total. The predicted molar refractivity (Wildman–Crippen MR) is 130 cm³/mol. The van der Waals surface area contributed by atoms with E-state index in [4.69, 9.17) is 4.74 Å². The van der Waals surface area contributed by atoms with Crippen LogP contribution < -0.4 is 10.1 Å². The number of hydrogen-bond donors (Lipinski definition) is 1. The highest BCUT2D eigenvalue weighted by Gasteiger charge is 2.28. The summed E-state index contributed by atoms with van der Waals surface area (Å²) in [6, 6.07) is 24.2. The van der Waals surface area contributed by atoms with E-state index < -0.39 is 0 Å². The van der Waals surface area contributed by atoms with Crippen LogP contribution in [0.4, 0.5) is 0 Å². The lowest BCUT2D eigenvalue weighted by atomic mass is 9.91. The first-order valence-electron chi connectivity index (χ1n) is 11.4. The monoisotopic (exact) mass is 442 g/mol. The van der Waals surface area contributed by atoms with Gasteiger partial charge in [-0.1, -0.05) is 66.2 Å². The lowest BCUT2D eigenvalue weighted by Gasteiger charge is -2.24. The number of rotatable bonds is 6. The average molecular weight is 443 g/mol. The van der Waals surface area contributed by atoms with Gasteiger partial charge in [-0.3, -0.25) is 9.59 Å². The Bertz CT molecular complexity index is 1120. The van der Waals surface area contributed by atoms with Crippen LogP contribution in [0.25, 0.3) is 11.1 Å². The summed E-state index contributed by atoms with van der Waals surface area (Å²) < 4.78 is 5.27. The van der Waals surface area contributed by atoms with Crippen molar-refractivity contribution in [1.82, 2.24) is 10.2 Å². The van der Waals surface area contributed by atoms with Gasteiger partial charge in [0.1, 0.15) is 5.75 Å². The minimum Gasteiger partial charge on any atom is -0.497 e. The molecule has 5 heteroatoms. The maximum absolute atomic E-state index is 13.1. The Morgan fingerprint density at radius 3 is 2.64 bits per heavy atom. The van der Waals surface area contributed by atoms with Gasteiger partial charge < -0.3 is 15.0 Å². The molecule has 0 saturated carbocycles. The lowest BCUT2D eigenvalue weighted by molar-refractivity contribution is -0.131. The fraction of sp³-hybridized carbons (Fsp3) is 0.286. The number of methoxy groups -OCH3 is 1. The highest BCUT2D eigenvalue weighted by atomic mass is 16.5. The maximum atomic E-state index is 13.1. The van der Waals surface area contributed by atoms with Crippen molar-refractivity contribution in [2.75, 3.05) is 26.7 Å². The van der Waals surface area contributed by atoms with Gasteiger partial charge in [0, 0.05) is 19.6 Å². The van der Waals surface area contributed by atoms with E-state index >= 15 is 0 Å². The fourth-order valence-electron chi connectivity index (χ4n) is 4.33. The van der Waals surface area contributed by atoms with Crippen LogP contribution in [0.15, 0.2) is 72.8 Å². The van der Waals surface area contributed by atoms with Crippen molar-refractivity contribution >= 4 is 11.8 Å². The molecule has 1 fully saturated rings. The molecule has 1 aliphatic rings. The molecular weight excluding hydrogens is 412 g/mol. The molecule has 4 rings (SSSR count). The van der Waals surface area contributed by atoms with Gasteiger partial charge in [-0.2, -0.15) is 0 Å². The van der Waals surface area contributed by atoms with E-state index in [1.165, 1.54) is 5.56 Å². The van der Waals surface area contributed by atoms with E-state index in [0.717, 1.165) is 28.0 Å². The number of amides is 2. The number of nitrogens with one attached hydrogen (secondary N) is 1. The summed E-state index contributed by atoms with van der Waals surface area (Å²) in [5.74, 6) is 0.467. The first-order valence-corrected chi connectivity index (χ1v) is 11.4. The highest BCUT2D eigenvalue weighted by Crippen LogP contribution is 2.27. The third kappa shape index (κ3) is 5.61. The highest BCUT2D eigenvalue weighted by molar-refractivity contribution is 5.83. The molecule has 2 amide bonds. The zero-order valence-corrected chi connectivity index (χ0v) is 19.2. The molecule has 0 spiro atoms. The third-order valence-corrected chi connectivity index (χ3v) is 6.18. The number of carbonyl (C=O) groups excluding carboxylic acids is 2. The molecular formula is C28H30N2O3. The molecule has 3 aromatic carbocycles. The lowest BCUT2D eigenvalue weighted by Crippen LogP contribution is -2.38. The summed E-state index contributed by atoms with van der Waals surface area (Å²) in [7, 11) is 1.62. The zero-order chi connectivity index (χ0) is 23.2. The fourth-order valence-corrected chi connectivity index (χ4v) is 4.33. The van der Waals surface area contributed by atoms with Gasteiger partial charge in [0.15, 0.2) is 0 Å². The van der Waals surface area contributed by atoms with Crippen molar-refractivity contribution in [2.24, 2.45) is 5.92 Å². The molecule has 170 valence electrons. The second-order valence-electron chi connectivity index (χ2n) is 8.58. The number of nitrogens with zero attached hydrogens (tertiary/aromatic N) is 1. The molecule has 33 heavy (non-hydrogen) atoms. The first kappa shape index (κ1) is 22.6. The van der Waals surface area contributed by atoms with Crippen molar-refractivity contribution in [1.29, 1.82) is 0 Å². The SMILES string of the molecule is COc1cccc(CC(=O)N2CCNC(=O)[C@@H](Cc3ccccc3-c3ccc(C)cc3)C2)c1. The van der Waals surface area contributed by atoms with Crippen LogP contribution in [0.2, 0.25) is 0 Å². The van der Waals surface area contributed by atoms with E-state index in [1.54, 1.807) is 7.11 Å². The van der Waals surface area contributed by atoms with Gasteiger partial charge in [-0.15, -0.1) is 0 Å². The van der Waals surface area contributed by atoms with Gasteiger partial charge in [0.05, 0.1) is 19.4 Å². The summed E-state index contributed by atoms with van der Waals surface area (Å²) in [6.45, 7) is 3.48. The molecule has 0 aromatic heterocycles. The summed E-state index contributed by atoms with van der Waals surface area (Å²) in [4.78, 5) is 27.8. The van der Waals surface area contributed by atoms with E-state index in [1.807, 2.05) is 41.3 Å². The van der Waals surface area contributed by atoms with E-state index in [9.17, 15) is 9.59 Å². The van der Waals surface area contributed by atoms with Crippen LogP contribution in [0.5, 0.6) is 5.75 Å². The van der Waals surface area contributed by atoms with Crippen LogP contribution in [-0.4, -0.2) is 43.5 Å². The number of benzene rings is 3. The van der Waals surface area contributed by atoms with E-state index in [-0.39, 0.29) is 24.2 Å². The molecule has 0 radical (unpaired) electrons. The largest absolute Gasteiger partial charge is 0.497 e. The molecule has 0 aliphatic carbocycles. The zero-order valence-electron chi connectivity index (χ0n) is 19.2.